The van der Waals surface area contributed by atoms with Crippen molar-refractivity contribution in [2.75, 3.05) is 6.16 Å². The summed E-state index contributed by atoms with van der Waals surface area (Å²) in [5.74, 6) is 0. The Hall–Kier alpha value is -1.69. The quantitative estimate of drug-likeness (QED) is 0.265. The Morgan fingerprint density at radius 3 is 1.39 bits per heavy atom. The van der Waals surface area contributed by atoms with E-state index in [1.165, 1.54) is 41.3 Å². The molecule has 0 spiro atoms. The van der Waals surface area contributed by atoms with Crippen molar-refractivity contribution >= 4 is 23.2 Å². The van der Waals surface area contributed by atoms with Crippen molar-refractivity contribution in [1.29, 1.82) is 0 Å². The highest BCUT2D eigenvalue weighted by atomic mass is 79.9. The van der Waals surface area contributed by atoms with Gasteiger partial charge >= 0.3 is 0 Å². The first kappa shape index (κ1) is 22.6. The molecule has 28 heavy (non-hydrogen) atoms. The number of benzene rings is 3. The van der Waals surface area contributed by atoms with Gasteiger partial charge in [0.15, 0.2) is 0 Å². The van der Waals surface area contributed by atoms with Crippen LogP contribution in [0.1, 0.15) is 32.6 Å². The minimum absolute atomic E-state index is 0. The Kier molecular flexibility index (Phi) is 9.68. The Balaban J connectivity index is 0.00000280. The summed E-state index contributed by atoms with van der Waals surface area (Å²) in [5.41, 5.74) is 0. The van der Waals surface area contributed by atoms with Gasteiger partial charge in [-0.2, -0.15) is 0 Å². The van der Waals surface area contributed by atoms with Crippen LogP contribution in [-0.2, 0) is 0 Å². The van der Waals surface area contributed by atoms with E-state index in [4.69, 9.17) is 0 Å². The number of unbranched alkanes of at least 4 members (excludes halogenated alkanes) is 2. The second kappa shape index (κ2) is 12.0. The average molecular weight is 453 g/mol. The van der Waals surface area contributed by atoms with Gasteiger partial charge in [-0.3, -0.25) is 0 Å². The average Bonchev–Trinajstić information content (AvgIpc) is 2.75. The van der Waals surface area contributed by atoms with Crippen LogP contribution in [0.4, 0.5) is 0 Å². The predicted molar refractivity (Wildman–Crippen MR) is 123 cm³/mol. The third kappa shape index (κ3) is 5.43. The molecular weight excluding hydrogens is 423 g/mol. The fourth-order valence-corrected chi connectivity index (χ4v) is 8.10. The minimum Gasteiger partial charge on any atom is -1.00 e. The van der Waals surface area contributed by atoms with Gasteiger partial charge in [-0.1, -0.05) is 80.1 Å². The molecule has 3 rings (SSSR count). The highest BCUT2D eigenvalue weighted by Gasteiger charge is 2.44. The van der Waals surface area contributed by atoms with E-state index in [-0.39, 0.29) is 17.0 Å². The molecule has 0 fully saturated rings. The van der Waals surface area contributed by atoms with Crippen LogP contribution >= 0.6 is 7.26 Å². The van der Waals surface area contributed by atoms with Gasteiger partial charge in [0.2, 0.25) is 0 Å². The van der Waals surface area contributed by atoms with E-state index >= 15 is 0 Å². The maximum absolute atomic E-state index is 2.37. The van der Waals surface area contributed by atoms with Crippen LogP contribution in [0, 0.1) is 0 Å². The molecule has 0 unspecified atom stereocenters. The highest BCUT2D eigenvalue weighted by molar-refractivity contribution is 7.95. The van der Waals surface area contributed by atoms with Crippen LogP contribution in [0.15, 0.2) is 103 Å². The topological polar surface area (TPSA) is 0 Å². The number of halogens is 1. The van der Waals surface area contributed by atoms with Crippen molar-refractivity contribution in [2.45, 2.75) is 32.6 Å². The van der Waals surface area contributed by atoms with E-state index in [9.17, 15) is 0 Å². The van der Waals surface area contributed by atoms with E-state index in [0.29, 0.717) is 0 Å². The zero-order valence-corrected chi connectivity index (χ0v) is 19.2. The standard InChI is InChI=1S/C26H30P.BrH/c1-2-3-4-5-6-16-23-27(24-17-10-7-11-18-24,25-19-12-8-13-20-25)26-21-14-9-15-22-26;/h4-5,7-15,17-22H,2-3,6,16,23H2,1H3;1H/q+1;/p-1/b5-4-;. The first-order chi connectivity index (χ1) is 13.4. The van der Waals surface area contributed by atoms with Crippen molar-refractivity contribution in [3.8, 4) is 0 Å². The summed E-state index contributed by atoms with van der Waals surface area (Å²) in [6.07, 6.45) is 10.7. The van der Waals surface area contributed by atoms with Crippen LogP contribution in [0.25, 0.3) is 0 Å². The van der Waals surface area contributed by atoms with Crippen molar-refractivity contribution in [1.82, 2.24) is 0 Å². The highest BCUT2D eigenvalue weighted by Crippen LogP contribution is 2.55. The monoisotopic (exact) mass is 452 g/mol. The number of allylic oxidation sites excluding steroid dienone is 2. The lowest BCUT2D eigenvalue weighted by Gasteiger charge is -2.27. The molecule has 0 atom stereocenters. The first-order valence-electron chi connectivity index (χ1n) is 10.1. The van der Waals surface area contributed by atoms with Gasteiger partial charge in [-0.15, -0.1) is 0 Å². The van der Waals surface area contributed by atoms with Gasteiger partial charge in [-0.05, 0) is 55.7 Å². The second-order valence-corrected chi connectivity index (χ2v) is 10.6. The van der Waals surface area contributed by atoms with Crippen LogP contribution in [0.2, 0.25) is 0 Å². The lowest BCUT2D eigenvalue weighted by molar-refractivity contribution is -0.00000537. The molecule has 0 amide bonds. The zero-order chi connectivity index (χ0) is 18.8. The molecule has 0 radical (unpaired) electrons. The lowest BCUT2D eigenvalue weighted by Crippen LogP contribution is -3.00. The summed E-state index contributed by atoms with van der Waals surface area (Å²) >= 11 is 0. The van der Waals surface area contributed by atoms with Gasteiger partial charge < -0.3 is 17.0 Å². The predicted octanol–water partition coefficient (Wildman–Crippen LogP) is 3.12. The van der Waals surface area contributed by atoms with E-state index in [1.54, 1.807) is 0 Å². The van der Waals surface area contributed by atoms with Gasteiger partial charge in [-0.25, -0.2) is 0 Å². The molecular formula is C26H30BrP. The van der Waals surface area contributed by atoms with Crippen LogP contribution < -0.4 is 32.9 Å². The number of rotatable bonds is 9. The number of hydrogen-bond acceptors (Lipinski definition) is 0. The Morgan fingerprint density at radius 2 is 1.00 bits per heavy atom. The molecule has 0 nitrogen and oxygen atoms in total. The van der Waals surface area contributed by atoms with Crippen LogP contribution in [0.5, 0.6) is 0 Å². The smallest absolute Gasteiger partial charge is 0.112 e. The van der Waals surface area contributed by atoms with Crippen molar-refractivity contribution < 1.29 is 17.0 Å². The molecule has 0 aromatic heterocycles. The molecule has 0 aliphatic heterocycles. The van der Waals surface area contributed by atoms with Crippen molar-refractivity contribution in [3.05, 3.63) is 103 Å². The fourth-order valence-electron chi connectivity index (χ4n) is 3.73. The third-order valence-electron chi connectivity index (χ3n) is 5.08. The van der Waals surface area contributed by atoms with Gasteiger partial charge in [0.05, 0.1) is 6.16 Å². The van der Waals surface area contributed by atoms with E-state index in [2.05, 4.69) is 110 Å². The molecule has 3 aromatic rings. The fraction of sp³-hybridized carbons (Fsp3) is 0.231. The lowest BCUT2D eigenvalue weighted by atomic mass is 10.2. The van der Waals surface area contributed by atoms with E-state index in [0.717, 1.165) is 6.42 Å². The van der Waals surface area contributed by atoms with Crippen LogP contribution in [-0.4, -0.2) is 6.16 Å². The maximum Gasteiger partial charge on any atom is 0.112 e. The molecule has 3 aromatic carbocycles. The molecule has 0 N–H and O–H groups in total. The SMILES string of the molecule is CCC/C=C\CCC[P+](c1ccccc1)(c1ccccc1)c1ccccc1.[Br-]. The minimum atomic E-state index is -1.64. The maximum atomic E-state index is 2.37. The normalized spacial score (nSPS) is 11.3. The molecule has 0 aliphatic rings. The molecule has 2 heteroatoms. The summed E-state index contributed by atoms with van der Waals surface area (Å²) in [7, 11) is -1.64. The molecule has 0 aliphatic carbocycles. The van der Waals surface area contributed by atoms with Crippen LogP contribution in [0.3, 0.4) is 0 Å². The third-order valence-corrected chi connectivity index (χ3v) is 9.60. The summed E-state index contributed by atoms with van der Waals surface area (Å²) in [6, 6.07) is 33.5. The van der Waals surface area contributed by atoms with Gasteiger partial charge in [0.1, 0.15) is 23.2 Å². The van der Waals surface area contributed by atoms with Crippen molar-refractivity contribution in [3.63, 3.8) is 0 Å². The molecule has 0 bridgehead atoms. The molecule has 0 saturated carbocycles. The largest absolute Gasteiger partial charge is 1.00 e. The summed E-state index contributed by atoms with van der Waals surface area (Å²) in [4.78, 5) is 0. The van der Waals surface area contributed by atoms with E-state index in [1.807, 2.05) is 0 Å². The van der Waals surface area contributed by atoms with Crippen molar-refractivity contribution in [2.24, 2.45) is 0 Å². The Bertz CT molecular complexity index is 716. The van der Waals surface area contributed by atoms with Gasteiger partial charge in [0.25, 0.3) is 0 Å². The molecule has 0 heterocycles. The summed E-state index contributed by atoms with van der Waals surface area (Å²) in [5, 5.41) is 4.46. The molecule has 146 valence electrons. The first-order valence-corrected chi connectivity index (χ1v) is 12.1. The summed E-state index contributed by atoms with van der Waals surface area (Å²) in [6.45, 7) is 2.24. The second-order valence-electron chi connectivity index (χ2n) is 6.94. The Labute approximate surface area is 181 Å². The van der Waals surface area contributed by atoms with Gasteiger partial charge in [0, 0.05) is 0 Å². The zero-order valence-electron chi connectivity index (χ0n) is 16.7. The van der Waals surface area contributed by atoms with E-state index < -0.39 is 7.26 Å². The molecule has 0 saturated heterocycles. The Morgan fingerprint density at radius 1 is 0.607 bits per heavy atom. The number of hydrogen-bond donors (Lipinski definition) is 0. The summed E-state index contributed by atoms with van der Waals surface area (Å²) < 4.78 is 0.